The molecule has 0 spiro atoms. The van der Waals surface area contributed by atoms with Crippen LogP contribution in [0.3, 0.4) is 0 Å². The van der Waals surface area contributed by atoms with E-state index in [1.54, 1.807) is 13.8 Å². The van der Waals surface area contributed by atoms with Crippen LogP contribution in [0.15, 0.2) is 0 Å². The van der Waals surface area contributed by atoms with E-state index in [-0.39, 0.29) is 19.1 Å². The van der Waals surface area contributed by atoms with Crippen LogP contribution in [-0.4, -0.2) is 55.1 Å². The van der Waals surface area contributed by atoms with Crippen molar-refractivity contribution in [3.63, 3.8) is 0 Å². The maximum Gasteiger partial charge on any atom is 0.416 e. The van der Waals surface area contributed by atoms with E-state index in [9.17, 15) is 9.59 Å². The molecule has 0 aromatic heterocycles. The van der Waals surface area contributed by atoms with Crippen LogP contribution in [0.5, 0.6) is 0 Å². The Bertz CT molecular complexity index is 329. The van der Waals surface area contributed by atoms with Crippen LogP contribution >= 0.6 is 12.9 Å². The largest absolute Gasteiger partial charge is 0.448 e. The van der Waals surface area contributed by atoms with Crippen LogP contribution in [-0.2, 0) is 13.7 Å². The van der Waals surface area contributed by atoms with Gasteiger partial charge in [0.1, 0.15) is 14.5 Å². The normalized spacial score (nSPS) is 24.6. The standard InChI is InChI=1S/C10H16BNO5S/c1-5(3-13)8(17-18)6(2)9(14)12-7(11)4-16-10(12)15/h5-8,13,18H,3-4H2,1-2H3/t5-,6-,7+,8+/m0/s1. The van der Waals surface area contributed by atoms with E-state index in [1.807, 2.05) is 0 Å². The zero-order valence-electron chi connectivity index (χ0n) is 10.3. The number of aliphatic hydroxyl groups is 1. The van der Waals surface area contributed by atoms with Gasteiger partial charge in [0.2, 0.25) is 5.91 Å². The minimum Gasteiger partial charge on any atom is -0.448 e. The number of cyclic esters (lactones) is 1. The maximum atomic E-state index is 12.1. The van der Waals surface area contributed by atoms with E-state index in [0.29, 0.717) is 0 Å². The summed E-state index contributed by atoms with van der Waals surface area (Å²) in [5, 5.41) is 9.08. The number of ether oxygens (including phenoxy) is 1. The summed E-state index contributed by atoms with van der Waals surface area (Å²) >= 11 is 3.70. The third-order valence-corrected chi connectivity index (χ3v) is 3.24. The van der Waals surface area contributed by atoms with Gasteiger partial charge in [-0.25, -0.2) is 9.69 Å². The zero-order valence-corrected chi connectivity index (χ0v) is 11.2. The summed E-state index contributed by atoms with van der Waals surface area (Å²) in [4.78, 5) is 24.4. The van der Waals surface area contributed by atoms with Gasteiger partial charge in [-0.05, 0) is 12.9 Å². The molecule has 0 bridgehead atoms. The van der Waals surface area contributed by atoms with Crippen molar-refractivity contribution in [3.8, 4) is 0 Å². The average molecular weight is 273 g/mol. The minimum atomic E-state index is -0.780. The number of hydrogen-bond acceptors (Lipinski definition) is 6. The van der Waals surface area contributed by atoms with E-state index in [2.05, 4.69) is 17.6 Å². The first-order chi connectivity index (χ1) is 8.43. The van der Waals surface area contributed by atoms with E-state index < -0.39 is 30.0 Å². The molecule has 2 amide bonds. The van der Waals surface area contributed by atoms with Crippen LogP contribution in [0.2, 0.25) is 0 Å². The van der Waals surface area contributed by atoms with Gasteiger partial charge in [0.15, 0.2) is 0 Å². The first kappa shape index (κ1) is 15.3. The summed E-state index contributed by atoms with van der Waals surface area (Å²) in [6.45, 7) is 3.14. The fraction of sp³-hybridized carbons (Fsp3) is 0.800. The van der Waals surface area contributed by atoms with Crippen molar-refractivity contribution in [2.45, 2.75) is 25.9 Å². The fourth-order valence-corrected chi connectivity index (χ4v) is 2.23. The Kier molecular flexibility index (Phi) is 5.49. The maximum absolute atomic E-state index is 12.1. The molecule has 1 aliphatic rings. The zero-order chi connectivity index (χ0) is 13.9. The van der Waals surface area contributed by atoms with Gasteiger partial charge in [0.05, 0.1) is 12.0 Å². The molecule has 1 fully saturated rings. The lowest BCUT2D eigenvalue weighted by atomic mass is 9.90. The third kappa shape index (κ3) is 2.99. The molecular weight excluding hydrogens is 257 g/mol. The smallest absolute Gasteiger partial charge is 0.416 e. The molecule has 6 nitrogen and oxygen atoms in total. The highest BCUT2D eigenvalue weighted by molar-refractivity contribution is 7.75. The van der Waals surface area contributed by atoms with Crippen LogP contribution < -0.4 is 0 Å². The molecular formula is C10H16BNO5S. The highest BCUT2D eigenvalue weighted by Crippen LogP contribution is 2.23. The van der Waals surface area contributed by atoms with Crippen molar-refractivity contribution < 1.29 is 23.6 Å². The molecule has 0 aliphatic carbocycles. The summed E-state index contributed by atoms with van der Waals surface area (Å²) in [5.74, 6) is -2.24. The lowest BCUT2D eigenvalue weighted by Crippen LogP contribution is -2.46. The number of carbonyl (C=O) groups is 2. The third-order valence-electron chi connectivity index (χ3n) is 3.00. The minimum absolute atomic E-state index is 0.0146. The van der Waals surface area contributed by atoms with E-state index >= 15 is 0 Å². The molecule has 1 heterocycles. The van der Waals surface area contributed by atoms with Gasteiger partial charge in [-0.3, -0.25) is 4.79 Å². The van der Waals surface area contributed by atoms with Gasteiger partial charge in [0.25, 0.3) is 0 Å². The van der Waals surface area contributed by atoms with Crippen LogP contribution in [0.4, 0.5) is 4.79 Å². The number of rotatable bonds is 5. The second-order valence-electron chi connectivity index (χ2n) is 4.37. The average Bonchev–Trinajstić information content (AvgIpc) is 2.68. The molecule has 100 valence electrons. The van der Waals surface area contributed by atoms with Gasteiger partial charge in [0, 0.05) is 18.5 Å². The first-order valence-electron chi connectivity index (χ1n) is 5.60. The molecule has 0 unspecified atom stereocenters. The molecule has 1 N–H and O–H groups in total. The fourth-order valence-electron chi connectivity index (χ4n) is 1.84. The van der Waals surface area contributed by atoms with Gasteiger partial charge < -0.3 is 14.0 Å². The molecule has 8 heteroatoms. The second-order valence-corrected chi connectivity index (χ2v) is 4.58. The lowest BCUT2D eigenvalue weighted by molar-refractivity contribution is -0.135. The van der Waals surface area contributed by atoms with Gasteiger partial charge in [-0.2, -0.15) is 0 Å². The summed E-state index contributed by atoms with van der Waals surface area (Å²) < 4.78 is 9.59. The van der Waals surface area contributed by atoms with Crippen molar-refractivity contribution in [1.82, 2.24) is 4.90 Å². The van der Waals surface area contributed by atoms with E-state index in [1.165, 1.54) is 0 Å². The van der Waals surface area contributed by atoms with E-state index in [4.69, 9.17) is 17.1 Å². The van der Waals surface area contributed by atoms with Crippen molar-refractivity contribution in [2.75, 3.05) is 13.2 Å². The van der Waals surface area contributed by atoms with Crippen molar-refractivity contribution in [2.24, 2.45) is 11.8 Å². The highest BCUT2D eigenvalue weighted by atomic mass is 32.1. The number of carbonyl (C=O) groups excluding carboxylic acids is 2. The number of hydrogen-bond donors (Lipinski definition) is 2. The van der Waals surface area contributed by atoms with Crippen LogP contribution in [0, 0.1) is 11.8 Å². The number of imide groups is 1. The van der Waals surface area contributed by atoms with Gasteiger partial charge in [-0.15, -0.1) is 0 Å². The van der Waals surface area contributed by atoms with Gasteiger partial charge >= 0.3 is 6.09 Å². The molecule has 2 radical (unpaired) electrons. The Labute approximate surface area is 113 Å². The molecule has 1 saturated heterocycles. The second kappa shape index (κ2) is 6.44. The monoisotopic (exact) mass is 273 g/mol. The lowest BCUT2D eigenvalue weighted by Gasteiger charge is -2.28. The Morgan fingerprint density at radius 3 is 2.72 bits per heavy atom. The molecule has 4 atom stereocenters. The van der Waals surface area contributed by atoms with Crippen LogP contribution in [0.25, 0.3) is 0 Å². The SMILES string of the molecule is [B][C@H]1COC(=O)N1C(=O)[C@@H](C)[C@H](OS)[C@@H](C)CO. The summed E-state index contributed by atoms with van der Waals surface area (Å²) in [5.41, 5.74) is 0. The number of amides is 2. The molecule has 1 aliphatic heterocycles. The number of thiol groups is 1. The highest BCUT2D eigenvalue weighted by Gasteiger charge is 2.40. The summed E-state index contributed by atoms with van der Waals surface area (Å²) in [6, 6.07) is 0. The predicted molar refractivity (Wildman–Crippen MR) is 67.0 cm³/mol. The Morgan fingerprint density at radius 1 is 1.72 bits per heavy atom. The predicted octanol–water partition coefficient (Wildman–Crippen LogP) is -0.0457. The quantitative estimate of drug-likeness (QED) is 0.417. The van der Waals surface area contributed by atoms with Crippen molar-refractivity contribution >= 4 is 32.8 Å². The molecule has 0 aromatic rings. The van der Waals surface area contributed by atoms with Crippen molar-refractivity contribution in [3.05, 3.63) is 0 Å². The molecule has 1 rings (SSSR count). The summed E-state index contributed by atoms with van der Waals surface area (Å²) in [7, 11) is 5.61. The van der Waals surface area contributed by atoms with Gasteiger partial charge in [-0.1, -0.05) is 13.8 Å². The number of nitrogens with zero attached hydrogens (tertiary/aromatic N) is 1. The number of aliphatic hydroxyl groups excluding tert-OH is 1. The molecule has 18 heavy (non-hydrogen) atoms. The Balaban J connectivity index is 2.79. The van der Waals surface area contributed by atoms with E-state index in [0.717, 1.165) is 4.90 Å². The Hall–Kier alpha value is -0.725. The molecule has 0 aromatic carbocycles. The van der Waals surface area contributed by atoms with Crippen molar-refractivity contribution in [1.29, 1.82) is 0 Å². The Morgan fingerprint density at radius 2 is 2.33 bits per heavy atom. The summed E-state index contributed by atoms with van der Waals surface area (Å²) in [6.07, 6.45) is -1.37. The topological polar surface area (TPSA) is 76.1 Å². The molecule has 0 saturated carbocycles. The van der Waals surface area contributed by atoms with Crippen LogP contribution in [0.1, 0.15) is 13.8 Å². The first-order valence-corrected chi connectivity index (χ1v) is 5.97.